The monoisotopic (exact) mass is 376 g/mol. The number of carbonyl (C=O) groups is 1. The van der Waals surface area contributed by atoms with Crippen LogP contribution in [0, 0.1) is 5.82 Å². The predicted molar refractivity (Wildman–Crippen MR) is 95.6 cm³/mol. The van der Waals surface area contributed by atoms with E-state index in [1.165, 1.54) is 24.4 Å². The van der Waals surface area contributed by atoms with Crippen LogP contribution in [0.15, 0.2) is 64.1 Å². The zero-order valence-electron chi connectivity index (χ0n) is 12.7. The standard InChI is InChI=1S/C18H11Cl2FN2O2/c19-15-6-4-11(9-16(15)20)17-7-5-14(25-17)10-22-23-18(24)12-2-1-3-13(21)8-12/h1-10H,(H,23,24). The highest BCUT2D eigenvalue weighted by molar-refractivity contribution is 6.42. The summed E-state index contributed by atoms with van der Waals surface area (Å²) in [5.74, 6) is -0.00182. The first-order valence-electron chi connectivity index (χ1n) is 7.17. The Hall–Kier alpha value is -2.63. The topological polar surface area (TPSA) is 54.6 Å². The lowest BCUT2D eigenvalue weighted by Crippen LogP contribution is -2.17. The van der Waals surface area contributed by atoms with Crippen LogP contribution in [0.5, 0.6) is 0 Å². The Morgan fingerprint density at radius 2 is 1.92 bits per heavy atom. The molecule has 3 rings (SSSR count). The molecule has 0 radical (unpaired) electrons. The average molecular weight is 377 g/mol. The molecule has 0 saturated carbocycles. The number of hydrazone groups is 1. The highest BCUT2D eigenvalue weighted by Gasteiger charge is 2.07. The van der Waals surface area contributed by atoms with Gasteiger partial charge in [-0.15, -0.1) is 0 Å². The molecule has 0 bridgehead atoms. The van der Waals surface area contributed by atoms with Crippen molar-refractivity contribution in [3.63, 3.8) is 0 Å². The first-order chi connectivity index (χ1) is 12.0. The third-order valence-corrected chi connectivity index (χ3v) is 4.01. The Morgan fingerprint density at radius 1 is 1.08 bits per heavy atom. The lowest BCUT2D eigenvalue weighted by molar-refractivity contribution is 0.0954. The van der Waals surface area contributed by atoms with Gasteiger partial charge < -0.3 is 4.42 Å². The van der Waals surface area contributed by atoms with Crippen LogP contribution < -0.4 is 5.43 Å². The highest BCUT2D eigenvalue weighted by atomic mass is 35.5. The molecule has 4 nitrogen and oxygen atoms in total. The molecule has 0 fully saturated rings. The van der Waals surface area contributed by atoms with Crippen LogP contribution in [0.1, 0.15) is 16.1 Å². The molecule has 0 unspecified atom stereocenters. The summed E-state index contributed by atoms with van der Waals surface area (Å²) in [6.45, 7) is 0. The second-order valence-electron chi connectivity index (χ2n) is 5.04. The normalized spacial score (nSPS) is 11.0. The highest BCUT2D eigenvalue weighted by Crippen LogP contribution is 2.29. The maximum atomic E-state index is 13.1. The summed E-state index contributed by atoms with van der Waals surface area (Å²) in [6.07, 6.45) is 1.35. The molecule has 7 heteroatoms. The first-order valence-corrected chi connectivity index (χ1v) is 7.93. The molecule has 126 valence electrons. The fourth-order valence-electron chi connectivity index (χ4n) is 2.08. The molecular weight excluding hydrogens is 366 g/mol. The van der Waals surface area contributed by atoms with Crippen molar-refractivity contribution in [1.82, 2.24) is 5.43 Å². The van der Waals surface area contributed by atoms with Gasteiger partial charge in [0.25, 0.3) is 5.91 Å². The minimum Gasteiger partial charge on any atom is -0.455 e. The number of furan rings is 1. The van der Waals surface area contributed by atoms with Crippen molar-refractivity contribution < 1.29 is 13.6 Å². The van der Waals surface area contributed by atoms with Crippen LogP contribution in [-0.4, -0.2) is 12.1 Å². The molecule has 1 amide bonds. The fourth-order valence-corrected chi connectivity index (χ4v) is 2.37. The van der Waals surface area contributed by atoms with E-state index in [9.17, 15) is 9.18 Å². The maximum absolute atomic E-state index is 13.1. The summed E-state index contributed by atoms with van der Waals surface area (Å²) in [6, 6.07) is 13.9. The summed E-state index contributed by atoms with van der Waals surface area (Å²) in [4.78, 5) is 11.8. The molecule has 0 aliphatic heterocycles. The Labute approximate surface area is 152 Å². The van der Waals surface area contributed by atoms with Crippen LogP contribution in [-0.2, 0) is 0 Å². The van der Waals surface area contributed by atoms with Gasteiger partial charge in [0.05, 0.1) is 16.3 Å². The van der Waals surface area contributed by atoms with E-state index in [1.54, 1.807) is 30.3 Å². The quantitative estimate of drug-likeness (QED) is 0.505. The van der Waals surface area contributed by atoms with E-state index in [0.717, 1.165) is 11.6 Å². The number of nitrogens with one attached hydrogen (secondary N) is 1. The minimum absolute atomic E-state index is 0.174. The molecule has 1 heterocycles. The van der Waals surface area contributed by atoms with Crippen molar-refractivity contribution in [1.29, 1.82) is 0 Å². The number of rotatable bonds is 4. The van der Waals surface area contributed by atoms with E-state index in [1.807, 2.05) is 0 Å². The molecule has 1 N–H and O–H groups in total. The van der Waals surface area contributed by atoms with Gasteiger partial charge >= 0.3 is 0 Å². The molecule has 25 heavy (non-hydrogen) atoms. The van der Waals surface area contributed by atoms with Gasteiger partial charge in [0.15, 0.2) is 0 Å². The summed E-state index contributed by atoms with van der Waals surface area (Å²) < 4.78 is 18.7. The predicted octanol–water partition coefficient (Wildman–Crippen LogP) is 5.16. The number of amides is 1. The van der Waals surface area contributed by atoms with Crippen LogP contribution in [0.4, 0.5) is 4.39 Å². The van der Waals surface area contributed by atoms with Gasteiger partial charge in [-0.2, -0.15) is 5.10 Å². The molecular formula is C18H11Cl2FN2O2. The minimum atomic E-state index is -0.521. The lowest BCUT2D eigenvalue weighted by Gasteiger charge is -2.00. The van der Waals surface area contributed by atoms with E-state index in [0.29, 0.717) is 21.6 Å². The number of hydrogen-bond donors (Lipinski definition) is 1. The second kappa shape index (κ2) is 7.51. The largest absolute Gasteiger partial charge is 0.455 e. The third kappa shape index (κ3) is 4.26. The molecule has 0 spiro atoms. The van der Waals surface area contributed by atoms with Gasteiger partial charge in [0.1, 0.15) is 17.3 Å². The van der Waals surface area contributed by atoms with E-state index in [2.05, 4.69) is 10.5 Å². The van der Waals surface area contributed by atoms with E-state index in [4.69, 9.17) is 27.6 Å². The van der Waals surface area contributed by atoms with E-state index in [-0.39, 0.29) is 5.56 Å². The van der Waals surface area contributed by atoms with Gasteiger partial charge in [-0.25, -0.2) is 9.82 Å². The van der Waals surface area contributed by atoms with Crippen molar-refractivity contribution in [3.05, 3.63) is 81.8 Å². The molecule has 0 aliphatic rings. The molecule has 1 aromatic heterocycles. The van der Waals surface area contributed by atoms with Crippen molar-refractivity contribution in [2.24, 2.45) is 5.10 Å². The van der Waals surface area contributed by atoms with Crippen LogP contribution in [0.3, 0.4) is 0 Å². The SMILES string of the molecule is O=C(NN=Cc1ccc(-c2ccc(Cl)c(Cl)c2)o1)c1cccc(F)c1. The summed E-state index contributed by atoms with van der Waals surface area (Å²) in [5, 5.41) is 4.68. The lowest BCUT2D eigenvalue weighted by atomic mass is 10.2. The summed E-state index contributed by atoms with van der Waals surface area (Å²) >= 11 is 11.9. The van der Waals surface area contributed by atoms with Gasteiger partial charge in [-0.05, 0) is 48.5 Å². The van der Waals surface area contributed by atoms with Crippen molar-refractivity contribution in [3.8, 4) is 11.3 Å². The average Bonchev–Trinajstić information content (AvgIpc) is 3.06. The maximum Gasteiger partial charge on any atom is 0.271 e. The number of hydrogen-bond acceptors (Lipinski definition) is 3. The van der Waals surface area contributed by atoms with Gasteiger partial charge in [0, 0.05) is 11.1 Å². The Bertz CT molecular complexity index is 954. The van der Waals surface area contributed by atoms with Crippen molar-refractivity contribution >= 4 is 35.3 Å². The van der Waals surface area contributed by atoms with Crippen LogP contribution in [0.2, 0.25) is 10.0 Å². The van der Waals surface area contributed by atoms with Crippen LogP contribution >= 0.6 is 23.2 Å². The Kier molecular flexibility index (Phi) is 5.16. The third-order valence-electron chi connectivity index (χ3n) is 3.28. The Balaban J connectivity index is 1.67. The number of halogens is 3. The molecule has 0 atom stereocenters. The summed E-state index contributed by atoms with van der Waals surface area (Å²) in [5.41, 5.74) is 3.24. The molecule has 3 aromatic rings. The van der Waals surface area contributed by atoms with Gasteiger partial charge in [-0.3, -0.25) is 4.79 Å². The van der Waals surface area contributed by atoms with Gasteiger partial charge in [0.2, 0.25) is 0 Å². The van der Waals surface area contributed by atoms with Crippen molar-refractivity contribution in [2.45, 2.75) is 0 Å². The molecule has 0 saturated heterocycles. The first kappa shape index (κ1) is 17.2. The zero-order valence-corrected chi connectivity index (χ0v) is 14.2. The molecule has 0 aliphatic carbocycles. The molecule has 2 aromatic carbocycles. The second-order valence-corrected chi connectivity index (χ2v) is 5.85. The summed E-state index contributed by atoms with van der Waals surface area (Å²) in [7, 11) is 0. The van der Waals surface area contributed by atoms with Gasteiger partial charge in [-0.1, -0.05) is 29.3 Å². The number of carbonyl (C=O) groups excluding carboxylic acids is 1. The zero-order chi connectivity index (χ0) is 17.8. The number of nitrogens with zero attached hydrogens (tertiary/aromatic N) is 1. The Morgan fingerprint density at radius 3 is 2.68 bits per heavy atom. The fraction of sp³-hybridized carbons (Fsp3) is 0. The van der Waals surface area contributed by atoms with E-state index >= 15 is 0 Å². The van der Waals surface area contributed by atoms with Crippen LogP contribution in [0.25, 0.3) is 11.3 Å². The van der Waals surface area contributed by atoms with Crippen molar-refractivity contribution in [2.75, 3.05) is 0 Å². The smallest absolute Gasteiger partial charge is 0.271 e. The van der Waals surface area contributed by atoms with E-state index < -0.39 is 11.7 Å². The number of benzene rings is 2.